The zero-order valence-corrected chi connectivity index (χ0v) is 17.2. The van der Waals surface area contributed by atoms with E-state index in [4.69, 9.17) is 14.2 Å². The summed E-state index contributed by atoms with van der Waals surface area (Å²) in [5.74, 6) is 1.81. The normalized spacial score (nSPS) is 12.8. The topological polar surface area (TPSA) is 56.8 Å². The van der Waals surface area contributed by atoms with Crippen LogP contribution in [0.3, 0.4) is 0 Å². The van der Waals surface area contributed by atoms with Crippen LogP contribution in [-0.2, 0) is 4.79 Å². The lowest BCUT2D eigenvalue weighted by atomic mass is 10.1. The highest BCUT2D eigenvalue weighted by Crippen LogP contribution is 2.30. The molecule has 2 unspecified atom stereocenters. The van der Waals surface area contributed by atoms with Crippen LogP contribution in [0, 0.1) is 6.92 Å². The van der Waals surface area contributed by atoms with Gasteiger partial charge in [-0.3, -0.25) is 4.79 Å². The van der Waals surface area contributed by atoms with Crippen molar-refractivity contribution in [1.82, 2.24) is 5.32 Å². The third-order valence-corrected chi connectivity index (χ3v) is 4.64. The lowest BCUT2D eigenvalue weighted by Gasteiger charge is -2.21. The Bertz CT molecular complexity index is 778. The Balaban J connectivity index is 2.08. The minimum absolute atomic E-state index is 0.213. The molecule has 2 aromatic rings. The maximum atomic E-state index is 12.5. The second-order valence-electron chi connectivity index (χ2n) is 6.03. The van der Waals surface area contributed by atoms with Crippen LogP contribution in [0.15, 0.2) is 40.9 Å². The standard InChI is InChI=1S/C20H24BrNO4/c1-12-6-8-19(17(21)10-12)26-14(3)20(23)22-13(2)16-11-15(24-4)7-9-18(16)25-5/h6-11,13-14H,1-5H3,(H,22,23). The summed E-state index contributed by atoms with van der Waals surface area (Å²) in [6.07, 6.45) is -0.645. The van der Waals surface area contributed by atoms with Gasteiger partial charge in [-0.15, -0.1) is 0 Å². The SMILES string of the molecule is COc1ccc(OC)c(C(C)NC(=O)C(C)Oc2ccc(C)cc2Br)c1. The average Bonchev–Trinajstić information content (AvgIpc) is 2.63. The number of hydrogen-bond donors (Lipinski definition) is 1. The van der Waals surface area contributed by atoms with E-state index in [1.54, 1.807) is 21.1 Å². The average molecular weight is 422 g/mol. The van der Waals surface area contributed by atoms with Crippen molar-refractivity contribution in [1.29, 1.82) is 0 Å². The number of carbonyl (C=O) groups is 1. The van der Waals surface area contributed by atoms with E-state index in [0.717, 1.165) is 15.6 Å². The van der Waals surface area contributed by atoms with E-state index in [2.05, 4.69) is 21.2 Å². The van der Waals surface area contributed by atoms with Gasteiger partial charge < -0.3 is 19.5 Å². The summed E-state index contributed by atoms with van der Waals surface area (Å²) in [5.41, 5.74) is 1.95. The van der Waals surface area contributed by atoms with Gasteiger partial charge in [-0.1, -0.05) is 6.07 Å². The van der Waals surface area contributed by atoms with Crippen LogP contribution < -0.4 is 19.5 Å². The molecular weight excluding hydrogens is 398 g/mol. The van der Waals surface area contributed by atoms with Crippen LogP contribution in [0.2, 0.25) is 0 Å². The molecule has 0 fully saturated rings. The van der Waals surface area contributed by atoms with E-state index in [0.29, 0.717) is 17.2 Å². The number of amides is 1. The molecule has 6 heteroatoms. The molecule has 0 saturated carbocycles. The first kappa shape index (κ1) is 20.1. The molecule has 0 aliphatic carbocycles. The van der Waals surface area contributed by atoms with Crippen molar-refractivity contribution in [3.8, 4) is 17.2 Å². The molecule has 5 nitrogen and oxygen atoms in total. The van der Waals surface area contributed by atoms with Gasteiger partial charge in [-0.25, -0.2) is 0 Å². The first-order chi connectivity index (χ1) is 12.3. The van der Waals surface area contributed by atoms with E-state index in [1.165, 1.54) is 0 Å². The molecular formula is C20H24BrNO4. The van der Waals surface area contributed by atoms with Crippen molar-refractivity contribution in [3.63, 3.8) is 0 Å². The number of halogens is 1. The molecule has 0 aromatic heterocycles. The Labute approximate surface area is 162 Å². The minimum atomic E-state index is -0.645. The molecule has 2 rings (SSSR count). The summed E-state index contributed by atoms with van der Waals surface area (Å²) in [6.45, 7) is 5.61. The van der Waals surface area contributed by atoms with Gasteiger partial charge in [0.15, 0.2) is 6.10 Å². The molecule has 0 aliphatic rings. The number of nitrogens with one attached hydrogen (secondary N) is 1. The number of hydrogen-bond acceptors (Lipinski definition) is 4. The monoisotopic (exact) mass is 421 g/mol. The molecule has 26 heavy (non-hydrogen) atoms. The lowest BCUT2D eigenvalue weighted by Crippen LogP contribution is -2.37. The van der Waals surface area contributed by atoms with E-state index >= 15 is 0 Å². The van der Waals surface area contributed by atoms with E-state index in [1.807, 2.05) is 50.2 Å². The highest BCUT2D eigenvalue weighted by molar-refractivity contribution is 9.10. The molecule has 0 aliphatic heterocycles. The van der Waals surface area contributed by atoms with E-state index in [9.17, 15) is 4.79 Å². The summed E-state index contributed by atoms with van der Waals surface area (Å²) >= 11 is 3.46. The van der Waals surface area contributed by atoms with E-state index in [-0.39, 0.29) is 11.9 Å². The number of aryl methyl sites for hydroxylation is 1. The van der Waals surface area contributed by atoms with Crippen LogP contribution in [0.1, 0.15) is 31.0 Å². The highest BCUT2D eigenvalue weighted by atomic mass is 79.9. The van der Waals surface area contributed by atoms with Crippen LogP contribution in [0.25, 0.3) is 0 Å². The summed E-state index contributed by atoms with van der Waals surface area (Å²) < 4.78 is 17.3. The molecule has 140 valence electrons. The molecule has 1 amide bonds. The lowest BCUT2D eigenvalue weighted by molar-refractivity contribution is -0.127. The predicted molar refractivity (Wildman–Crippen MR) is 105 cm³/mol. The van der Waals surface area contributed by atoms with Crippen LogP contribution in [0.4, 0.5) is 0 Å². The maximum Gasteiger partial charge on any atom is 0.261 e. The minimum Gasteiger partial charge on any atom is -0.497 e. The van der Waals surface area contributed by atoms with Crippen LogP contribution in [0.5, 0.6) is 17.2 Å². The van der Waals surface area contributed by atoms with Crippen molar-refractivity contribution in [2.75, 3.05) is 14.2 Å². The Morgan fingerprint density at radius 1 is 1.04 bits per heavy atom. The molecule has 2 atom stereocenters. The number of carbonyl (C=O) groups excluding carboxylic acids is 1. The summed E-state index contributed by atoms with van der Waals surface area (Å²) in [6, 6.07) is 11.0. The number of benzene rings is 2. The van der Waals surface area contributed by atoms with Gasteiger partial charge in [0.2, 0.25) is 0 Å². The van der Waals surface area contributed by atoms with Crippen molar-refractivity contribution in [3.05, 3.63) is 52.0 Å². The number of ether oxygens (including phenoxy) is 3. The Morgan fingerprint density at radius 3 is 2.35 bits per heavy atom. The van der Waals surface area contributed by atoms with Gasteiger partial charge >= 0.3 is 0 Å². The molecule has 1 N–H and O–H groups in total. The van der Waals surface area contributed by atoms with Crippen LogP contribution >= 0.6 is 15.9 Å². The second kappa shape index (κ2) is 8.94. The molecule has 2 aromatic carbocycles. The predicted octanol–water partition coefficient (Wildman–Crippen LogP) is 4.42. The quantitative estimate of drug-likeness (QED) is 0.718. The van der Waals surface area contributed by atoms with Crippen molar-refractivity contribution in [2.45, 2.75) is 32.9 Å². The first-order valence-corrected chi connectivity index (χ1v) is 9.10. The first-order valence-electron chi connectivity index (χ1n) is 8.30. The van der Waals surface area contributed by atoms with Crippen molar-refractivity contribution >= 4 is 21.8 Å². The molecule has 0 bridgehead atoms. The zero-order valence-electron chi connectivity index (χ0n) is 15.6. The Hall–Kier alpha value is -2.21. The fourth-order valence-corrected chi connectivity index (χ4v) is 3.12. The fourth-order valence-electron chi connectivity index (χ4n) is 2.53. The summed E-state index contributed by atoms with van der Waals surface area (Å²) in [4.78, 5) is 12.5. The molecule has 0 saturated heterocycles. The number of methoxy groups -OCH3 is 2. The third kappa shape index (κ3) is 4.91. The van der Waals surface area contributed by atoms with Gasteiger partial charge in [0, 0.05) is 5.56 Å². The second-order valence-corrected chi connectivity index (χ2v) is 6.89. The van der Waals surface area contributed by atoms with Gasteiger partial charge in [0.25, 0.3) is 5.91 Å². The fraction of sp³-hybridized carbons (Fsp3) is 0.350. The van der Waals surface area contributed by atoms with Crippen molar-refractivity contribution in [2.24, 2.45) is 0 Å². The highest BCUT2D eigenvalue weighted by Gasteiger charge is 2.21. The van der Waals surface area contributed by atoms with Gasteiger partial charge in [-0.05, 0) is 72.6 Å². The smallest absolute Gasteiger partial charge is 0.261 e. The Morgan fingerprint density at radius 2 is 1.73 bits per heavy atom. The van der Waals surface area contributed by atoms with Crippen LogP contribution in [-0.4, -0.2) is 26.2 Å². The zero-order chi connectivity index (χ0) is 19.3. The summed E-state index contributed by atoms with van der Waals surface area (Å²) in [5, 5.41) is 2.96. The van der Waals surface area contributed by atoms with Gasteiger partial charge in [-0.2, -0.15) is 0 Å². The summed E-state index contributed by atoms with van der Waals surface area (Å²) in [7, 11) is 3.20. The molecule has 0 heterocycles. The van der Waals surface area contributed by atoms with Crippen molar-refractivity contribution < 1.29 is 19.0 Å². The molecule has 0 radical (unpaired) electrons. The third-order valence-electron chi connectivity index (χ3n) is 4.02. The van der Waals surface area contributed by atoms with E-state index < -0.39 is 6.10 Å². The maximum absolute atomic E-state index is 12.5. The molecule has 0 spiro atoms. The van der Waals surface area contributed by atoms with Gasteiger partial charge in [0.05, 0.1) is 24.7 Å². The number of rotatable bonds is 7. The largest absolute Gasteiger partial charge is 0.497 e. The Kier molecular flexibility index (Phi) is 6.91. The van der Waals surface area contributed by atoms with Gasteiger partial charge in [0.1, 0.15) is 17.2 Å².